The summed E-state index contributed by atoms with van der Waals surface area (Å²) in [5.41, 5.74) is 1.58. The van der Waals surface area contributed by atoms with Gasteiger partial charge >= 0.3 is 0 Å². The van der Waals surface area contributed by atoms with Gasteiger partial charge < -0.3 is 4.90 Å². The number of amides is 1. The molecule has 0 spiro atoms. The summed E-state index contributed by atoms with van der Waals surface area (Å²) in [4.78, 5) is 30.8. The Hall–Kier alpha value is -2.27. The number of likely N-dealkylation sites (tertiary alicyclic amines) is 1. The number of hydrogen-bond acceptors (Lipinski definition) is 4. The number of ketones is 1. The monoisotopic (exact) mass is 340 g/mol. The van der Waals surface area contributed by atoms with Gasteiger partial charge in [0.25, 0.3) is 0 Å². The van der Waals surface area contributed by atoms with Crippen LogP contribution in [0.25, 0.3) is 6.08 Å². The molecule has 2 aromatic rings. The number of carbonyl (C=O) groups is 2. The van der Waals surface area contributed by atoms with Crippen molar-refractivity contribution in [2.24, 2.45) is 5.92 Å². The summed E-state index contributed by atoms with van der Waals surface area (Å²) in [5.74, 6) is 0.198. The molecule has 0 atom stereocenters. The molecule has 2 heterocycles. The van der Waals surface area contributed by atoms with E-state index < -0.39 is 0 Å². The summed E-state index contributed by atoms with van der Waals surface area (Å²) in [6.07, 6.45) is 4.78. The molecule has 3 rings (SSSR count). The van der Waals surface area contributed by atoms with Crippen LogP contribution in [0.5, 0.6) is 0 Å². The maximum absolute atomic E-state index is 12.5. The molecule has 0 N–H and O–H groups in total. The van der Waals surface area contributed by atoms with E-state index in [1.807, 2.05) is 47.5 Å². The minimum Gasteiger partial charge on any atom is -0.339 e. The lowest BCUT2D eigenvalue weighted by Gasteiger charge is -2.30. The molecule has 5 heteroatoms. The predicted octanol–water partition coefficient (Wildman–Crippen LogP) is 3.59. The maximum atomic E-state index is 12.5. The highest BCUT2D eigenvalue weighted by Crippen LogP contribution is 2.22. The van der Waals surface area contributed by atoms with Crippen molar-refractivity contribution in [1.29, 1.82) is 0 Å². The summed E-state index contributed by atoms with van der Waals surface area (Å²) < 4.78 is 0. The van der Waals surface area contributed by atoms with Gasteiger partial charge in [-0.05, 0) is 25.8 Å². The summed E-state index contributed by atoms with van der Waals surface area (Å²) >= 11 is 1.57. The Balaban J connectivity index is 1.54. The fourth-order valence-corrected chi connectivity index (χ4v) is 3.50. The summed E-state index contributed by atoms with van der Waals surface area (Å²) in [6.45, 7) is 3.20. The lowest BCUT2D eigenvalue weighted by Crippen LogP contribution is -2.39. The van der Waals surface area contributed by atoms with E-state index in [-0.39, 0.29) is 17.6 Å². The molecule has 1 aliphatic rings. The van der Waals surface area contributed by atoms with Crippen LogP contribution >= 0.6 is 11.3 Å². The van der Waals surface area contributed by atoms with Crippen molar-refractivity contribution in [1.82, 2.24) is 9.88 Å². The molecular weight excluding hydrogens is 320 g/mol. The van der Waals surface area contributed by atoms with Crippen LogP contribution in [-0.2, 0) is 4.79 Å². The van der Waals surface area contributed by atoms with Crippen LogP contribution < -0.4 is 0 Å². The Morgan fingerprint density at radius 2 is 1.92 bits per heavy atom. The topological polar surface area (TPSA) is 50.3 Å². The third kappa shape index (κ3) is 3.97. The Kier molecular flexibility index (Phi) is 5.20. The van der Waals surface area contributed by atoms with E-state index in [4.69, 9.17) is 0 Å². The first-order valence-electron chi connectivity index (χ1n) is 8.12. The minimum atomic E-state index is -0.00809. The highest BCUT2D eigenvalue weighted by molar-refractivity contribution is 7.09. The Labute approximate surface area is 145 Å². The van der Waals surface area contributed by atoms with E-state index in [0.29, 0.717) is 13.1 Å². The molecule has 0 aliphatic carbocycles. The zero-order valence-corrected chi connectivity index (χ0v) is 14.5. The van der Waals surface area contributed by atoms with Gasteiger partial charge in [-0.25, -0.2) is 4.98 Å². The standard InChI is InChI=1S/C19H20N2O2S/c1-14-20-17(13-24-14)7-8-18(22)21-11-9-16(10-12-21)19(23)15-5-3-2-4-6-15/h2-8,13,16H,9-12H2,1H3/b8-7+. The quantitative estimate of drug-likeness (QED) is 0.631. The number of hydrogen-bond donors (Lipinski definition) is 0. The Bertz CT molecular complexity index is 744. The largest absolute Gasteiger partial charge is 0.339 e. The average Bonchev–Trinajstić information content (AvgIpc) is 3.05. The van der Waals surface area contributed by atoms with Crippen molar-refractivity contribution in [2.45, 2.75) is 19.8 Å². The van der Waals surface area contributed by atoms with Gasteiger partial charge in [0, 0.05) is 36.0 Å². The van der Waals surface area contributed by atoms with Gasteiger partial charge in [-0.3, -0.25) is 9.59 Å². The normalized spacial score (nSPS) is 15.8. The van der Waals surface area contributed by atoms with Gasteiger partial charge in [-0.2, -0.15) is 0 Å². The van der Waals surface area contributed by atoms with Gasteiger partial charge in [0.2, 0.25) is 5.91 Å². The zero-order valence-electron chi connectivity index (χ0n) is 13.6. The van der Waals surface area contributed by atoms with Crippen molar-refractivity contribution in [3.8, 4) is 0 Å². The minimum absolute atomic E-state index is 0.00809. The second-order valence-corrected chi connectivity index (χ2v) is 7.02. The molecule has 4 nitrogen and oxygen atoms in total. The third-order valence-corrected chi connectivity index (χ3v) is 5.06. The number of aromatic nitrogens is 1. The zero-order chi connectivity index (χ0) is 16.9. The second-order valence-electron chi connectivity index (χ2n) is 5.95. The predicted molar refractivity (Wildman–Crippen MR) is 96.0 cm³/mol. The van der Waals surface area contributed by atoms with E-state index in [2.05, 4.69) is 4.98 Å². The molecule has 0 unspecified atom stereocenters. The molecule has 0 radical (unpaired) electrons. The van der Waals surface area contributed by atoms with Crippen LogP contribution in [0.4, 0.5) is 0 Å². The van der Waals surface area contributed by atoms with Crippen LogP contribution in [0.3, 0.4) is 0 Å². The average molecular weight is 340 g/mol. The first-order valence-corrected chi connectivity index (χ1v) is 9.00. The van der Waals surface area contributed by atoms with Crippen LogP contribution in [0.1, 0.15) is 33.9 Å². The Morgan fingerprint density at radius 3 is 2.54 bits per heavy atom. The van der Waals surface area contributed by atoms with E-state index in [0.717, 1.165) is 29.1 Å². The number of benzene rings is 1. The van der Waals surface area contributed by atoms with Gasteiger partial charge in [-0.1, -0.05) is 30.3 Å². The molecule has 1 fully saturated rings. The van der Waals surface area contributed by atoms with E-state index >= 15 is 0 Å². The van der Waals surface area contributed by atoms with Crippen molar-refractivity contribution < 1.29 is 9.59 Å². The highest BCUT2D eigenvalue weighted by Gasteiger charge is 2.27. The van der Waals surface area contributed by atoms with Gasteiger partial charge in [0.05, 0.1) is 10.7 Å². The SMILES string of the molecule is Cc1nc(/C=C/C(=O)N2CCC(C(=O)c3ccccc3)CC2)cs1. The molecule has 1 aliphatic heterocycles. The number of nitrogens with zero attached hydrogens (tertiary/aromatic N) is 2. The fraction of sp³-hybridized carbons (Fsp3) is 0.316. The number of carbonyl (C=O) groups excluding carboxylic acids is 2. The van der Waals surface area contributed by atoms with Gasteiger partial charge in [0.15, 0.2) is 5.78 Å². The van der Waals surface area contributed by atoms with E-state index in [1.165, 1.54) is 0 Å². The number of thiazole rings is 1. The second kappa shape index (κ2) is 7.53. The number of Topliss-reactive ketones (excluding diaryl/α,β-unsaturated/α-hetero) is 1. The van der Waals surface area contributed by atoms with Crippen molar-refractivity contribution in [3.63, 3.8) is 0 Å². The lowest BCUT2D eigenvalue weighted by atomic mass is 9.89. The molecule has 1 saturated heterocycles. The summed E-state index contributed by atoms with van der Waals surface area (Å²) in [5, 5.41) is 2.92. The van der Waals surface area contributed by atoms with Crippen LogP contribution in [0.2, 0.25) is 0 Å². The number of piperidine rings is 1. The molecule has 1 aromatic heterocycles. The molecule has 24 heavy (non-hydrogen) atoms. The summed E-state index contributed by atoms with van der Waals surface area (Å²) in [7, 11) is 0. The van der Waals surface area contributed by atoms with Crippen LogP contribution in [-0.4, -0.2) is 34.7 Å². The highest BCUT2D eigenvalue weighted by atomic mass is 32.1. The van der Waals surface area contributed by atoms with Gasteiger partial charge in [0.1, 0.15) is 0 Å². The molecule has 0 bridgehead atoms. The van der Waals surface area contributed by atoms with E-state index in [1.54, 1.807) is 23.5 Å². The van der Waals surface area contributed by atoms with Crippen LogP contribution in [0.15, 0.2) is 41.8 Å². The molecule has 1 aromatic carbocycles. The molecular formula is C19H20N2O2S. The molecule has 1 amide bonds. The Morgan fingerprint density at radius 1 is 1.21 bits per heavy atom. The van der Waals surface area contributed by atoms with E-state index in [9.17, 15) is 9.59 Å². The van der Waals surface area contributed by atoms with Crippen LogP contribution in [0, 0.1) is 12.8 Å². The first kappa shape index (κ1) is 16.6. The molecule has 0 saturated carbocycles. The maximum Gasteiger partial charge on any atom is 0.246 e. The third-order valence-electron chi connectivity index (χ3n) is 4.27. The van der Waals surface area contributed by atoms with Crippen molar-refractivity contribution >= 4 is 29.1 Å². The molecule has 124 valence electrons. The van der Waals surface area contributed by atoms with Gasteiger partial charge in [-0.15, -0.1) is 11.3 Å². The lowest BCUT2D eigenvalue weighted by molar-refractivity contribution is -0.127. The number of aryl methyl sites for hydroxylation is 1. The fourth-order valence-electron chi connectivity index (χ4n) is 2.92. The smallest absolute Gasteiger partial charge is 0.246 e. The van der Waals surface area contributed by atoms with Crippen molar-refractivity contribution in [3.05, 3.63) is 58.1 Å². The first-order chi connectivity index (χ1) is 11.6. The number of rotatable bonds is 4. The van der Waals surface area contributed by atoms with Crippen molar-refractivity contribution in [2.75, 3.05) is 13.1 Å². The summed E-state index contributed by atoms with van der Waals surface area (Å²) in [6, 6.07) is 9.40.